The van der Waals surface area contributed by atoms with Gasteiger partial charge in [-0.15, -0.1) is 0 Å². The van der Waals surface area contributed by atoms with Crippen LogP contribution in [0.2, 0.25) is 0 Å². The topological polar surface area (TPSA) is 57.5 Å². The number of para-hydroxylation sites is 1. The fraction of sp³-hybridized carbons (Fsp3) is 0.360. The van der Waals surface area contributed by atoms with E-state index in [-0.39, 0.29) is 6.04 Å². The van der Waals surface area contributed by atoms with Gasteiger partial charge in [0.05, 0.1) is 24.6 Å². The van der Waals surface area contributed by atoms with Crippen LogP contribution in [0.25, 0.3) is 5.69 Å². The molecule has 1 saturated heterocycles. The van der Waals surface area contributed by atoms with Gasteiger partial charge in [-0.05, 0) is 56.0 Å². The lowest BCUT2D eigenvalue weighted by atomic mass is 10.1. The smallest absolute Gasteiger partial charge is 0.192 e. The molecule has 1 fully saturated rings. The lowest BCUT2D eigenvalue weighted by Gasteiger charge is -2.22. The van der Waals surface area contributed by atoms with E-state index < -0.39 is 0 Å². The molecule has 0 saturated carbocycles. The number of benzene rings is 2. The molecule has 1 unspecified atom stereocenters. The Labute approximate surface area is 185 Å². The van der Waals surface area contributed by atoms with Crippen molar-refractivity contribution < 1.29 is 0 Å². The summed E-state index contributed by atoms with van der Waals surface area (Å²) in [5.41, 5.74) is 4.85. The van der Waals surface area contributed by atoms with Crippen LogP contribution in [0.4, 0.5) is 5.69 Å². The molecule has 2 heterocycles. The van der Waals surface area contributed by atoms with Gasteiger partial charge in [-0.1, -0.05) is 30.3 Å². The molecule has 2 N–H and O–H groups in total. The Balaban J connectivity index is 1.48. The fourth-order valence-corrected chi connectivity index (χ4v) is 4.04. The minimum Gasteiger partial charge on any atom is -0.372 e. The van der Waals surface area contributed by atoms with Crippen LogP contribution >= 0.6 is 0 Å². The molecule has 0 amide bonds. The van der Waals surface area contributed by atoms with Gasteiger partial charge in [-0.25, -0.2) is 9.98 Å². The van der Waals surface area contributed by atoms with E-state index in [0.717, 1.165) is 36.8 Å². The summed E-state index contributed by atoms with van der Waals surface area (Å²) in [5.74, 6) is 0.821. The number of aromatic nitrogens is 2. The summed E-state index contributed by atoms with van der Waals surface area (Å²) >= 11 is 0. The number of nitrogens with zero attached hydrogens (tertiary/aromatic N) is 4. The maximum absolute atomic E-state index is 4.87. The number of guanidine groups is 1. The molecule has 1 aromatic heterocycles. The molecule has 3 aromatic rings. The van der Waals surface area contributed by atoms with E-state index >= 15 is 0 Å². The van der Waals surface area contributed by atoms with Gasteiger partial charge in [0.25, 0.3) is 0 Å². The molecule has 1 aliphatic rings. The van der Waals surface area contributed by atoms with Crippen molar-refractivity contribution in [1.82, 2.24) is 20.2 Å². The second-order valence-electron chi connectivity index (χ2n) is 7.95. The molecule has 1 aliphatic heterocycles. The Morgan fingerprint density at radius 3 is 2.74 bits per heavy atom. The predicted molar refractivity (Wildman–Crippen MR) is 128 cm³/mol. The van der Waals surface area contributed by atoms with Crippen LogP contribution in [0, 0.1) is 0 Å². The third-order valence-electron chi connectivity index (χ3n) is 5.72. The predicted octanol–water partition coefficient (Wildman–Crippen LogP) is 4.29. The maximum Gasteiger partial charge on any atom is 0.192 e. The van der Waals surface area contributed by atoms with E-state index in [0.29, 0.717) is 6.54 Å². The summed E-state index contributed by atoms with van der Waals surface area (Å²) in [6.07, 6.45) is 8.15. The Morgan fingerprint density at radius 2 is 1.97 bits per heavy atom. The number of aliphatic imine (C=N–C) groups is 1. The largest absolute Gasteiger partial charge is 0.372 e. The van der Waals surface area contributed by atoms with E-state index in [2.05, 4.69) is 76.8 Å². The Morgan fingerprint density at radius 1 is 1.13 bits per heavy atom. The van der Waals surface area contributed by atoms with E-state index in [1.165, 1.54) is 24.1 Å². The number of nitrogens with one attached hydrogen (secondary N) is 2. The van der Waals surface area contributed by atoms with Crippen LogP contribution in [-0.2, 0) is 6.54 Å². The molecule has 6 heteroatoms. The van der Waals surface area contributed by atoms with Crippen LogP contribution in [0.15, 0.2) is 72.2 Å². The van der Waals surface area contributed by atoms with Gasteiger partial charge in [-0.2, -0.15) is 0 Å². The fourth-order valence-electron chi connectivity index (χ4n) is 4.04. The van der Waals surface area contributed by atoms with Gasteiger partial charge >= 0.3 is 0 Å². The second-order valence-corrected chi connectivity index (χ2v) is 7.95. The summed E-state index contributed by atoms with van der Waals surface area (Å²) in [4.78, 5) is 11.5. The molecular weight excluding hydrogens is 384 g/mol. The lowest BCUT2D eigenvalue weighted by molar-refractivity contribution is 0.686. The number of imidazole rings is 1. The average molecular weight is 417 g/mol. The Hall–Kier alpha value is -3.28. The molecule has 0 radical (unpaired) electrons. The van der Waals surface area contributed by atoms with Crippen molar-refractivity contribution in [1.29, 1.82) is 0 Å². The minimum atomic E-state index is 0.157. The normalized spacial score (nSPS) is 15.2. The molecular formula is C25H32N6. The average Bonchev–Trinajstić information content (AvgIpc) is 3.52. The van der Waals surface area contributed by atoms with E-state index in [9.17, 15) is 0 Å². The van der Waals surface area contributed by atoms with Crippen molar-refractivity contribution in [3.05, 3.63) is 78.4 Å². The van der Waals surface area contributed by atoms with E-state index in [4.69, 9.17) is 4.99 Å². The minimum absolute atomic E-state index is 0.157. The van der Waals surface area contributed by atoms with Gasteiger partial charge in [0, 0.05) is 37.7 Å². The lowest BCUT2D eigenvalue weighted by Crippen LogP contribution is -2.38. The summed E-state index contributed by atoms with van der Waals surface area (Å²) in [6, 6.07) is 17.3. The van der Waals surface area contributed by atoms with Crippen molar-refractivity contribution in [2.45, 2.75) is 39.3 Å². The zero-order valence-electron chi connectivity index (χ0n) is 18.5. The first-order chi connectivity index (χ1) is 15.2. The molecule has 0 aliphatic carbocycles. The SMILES string of the molecule is CCNC(=NCc1ccccc1-n1ccnc1)NC(C)c1cccc(N2CCCC2)c1. The van der Waals surface area contributed by atoms with Crippen molar-refractivity contribution >= 4 is 11.6 Å². The van der Waals surface area contributed by atoms with Gasteiger partial charge in [0.2, 0.25) is 0 Å². The van der Waals surface area contributed by atoms with Crippen molar-refractivity contribution in [2.75, 3.05) is 24.5 Å². The van der Waals surface area contributed by atoms with Gasteiger partial charge in [-0.3, -0.25) is 0 Å². The molecule has 162 valence electrons. The highest BCUT2D eigenvalue weighted by atomic mass is 15.2. The number of rotatable bonds is 7. The van der Waals surface area contributed by atoms with Crippen LogP contribution in [0.5, 0.6) is 0 Å². The maximum atomic E-state index is 4.87. The summed E-state index contributed by atoms with van der Waals surface area (Å²) in [6.45, 7) is 8.00. The van der Waals surface area contributed by atoms with Crippen molar-refractivity contribution in [2.24, 2.45) is 4.99 Å². The first-order valence-electron chi connectivity index (χ1n) is 11.2. The van der Waals surface area contributed by atoms with Gasteiger partial charge in [0.15, 0.2) is 5.96 Å². The first-order valence-corrected chi connectivity index (χ1v) is 11.2. The third-order valence-corrected chi connectivity index (χ3v) is 5.72. The van der Waals surface area contributed by atoms with Crippen LogP contribution in [0.1, 0.15) is 43.9 Å². The molecule has 0 spiro atoms. The zero-order chi connectivity index (χ0) is 21.5. The van der Waals surface area contributed by atoms with Gasteiger partial charge in [0.1, 0.15) is 0 Å². The quantitative estimate of drug-likeness (QED) is 0.446. The summed E-state index contributed by atoms with van der Waals surface area (Å²) in [5, 5.41) is 6.96. The Kier molecular flexibility index (Phi) is 6.87. The number of hydrogen-bond acceptors (Lipinski definition) is 3. The van der Waals surface area contributed by atoms with Crippen LogP contribution in [-0.4, -0.2) is 35.1 Å². The molecule has 1 atom stereocenters. The highest BCUT2D eigenvalue weighted by Gasteiger charge is 2.14. The standard InChI is InChI=1S/C25H32N6/c1-3-27-25(28-18-22-9-4-5-12-24(22)31-16-13-26-19-31)29-20(2)21-10-8-11-23(17-21)30-14-6-7-15-30/h4-5,8-13,16-17,19-20H,3,6-7,14-15,18H2,1-2H3,(H2,27,28,29). The van der Waals surface area contributed by atoms with E-state index in [1.54, 1.807) is 6.20 Å². The highest BCUT2D eigenvalue weighted by molar-refractivity contribution is 5.80. The van der Waals surface area contributed by atoms with Crippen LogP contribution < -0.4 is 15.5 Å². The van der Waals surface area contributed by atoms with Crippen molar-refractivity contribution in [3.8, 4) is 5.69 Å². The first kappa shape index (κ1) is 21.0. The molecule has 0 bridgehead atoms. The summed E-state index contributed by atoms with van der Waals surface area (Å²) in [7, 11) is 0. The molecule has 2 aromatic carbocycles. The highest BCUT2D eigenvalue weighted by Crippen LogP contribution is 2.24. The number of hydrogen-bond donors (Lipinski definition) is 2. The van der Waals surface area contributed by atoms with Gasteiger partial charge < -0.3 is 20.1 Å². The number of anilines is 1. The van der Waals surface area contributed by atoms with E-state index in [1.807, 2.05) is 23.2 Å². The third kappa shape index (κ3) is 5.26. The molecule has 4 rings (SSSR count). The molecule has 31 heavy (non-hydrogen) atoms. The zero-order valence-corrected chi connectivity index (χ0v) is 18.5. The second kappa shape index (κ2) is 10.2. The molecule has 6 nitrogen and oxygen atoms in total. The summed E-state index contributed by atoms with van der Waals surface area (Å²) < 4.78 is 2.03. The van der Waals surface area contributed by atoms with Crippen LogP contribution in [0.3, 0.4) is 0 Å². The Bertz CT molecular complexity index is 989. The van der Waals surface area contributed by atoms with Crippen molar-refractivity contribution in [3.63, 3.8) is 0 Å². The monoisotopic (exact) mass is 416 g/mol.